The summed E-state index contributed by atoms with van der Waals surface area (Å²) in [6.45, 7) is 4.43. The fourth-order valence-corrected chi connectivity index (χ4v) is 10.3. The van der Waals surface area contributed by atoms with E-state index in [4.69, 9.17) is 24.7 Å². The van der Waals surface area contributed by atoms with Crippen LogP contribution in [0.4, 0.5) is 14.5 Å². The largest absolute Gasteiger partial charge is 0.390 e. The molecule has 10 atom stereocenters. The van der Waals surface area contributed by atoms with E-state index in [1.807, 2.05) is 48.5 Å². The van der Waals surface area contributed by atoms with E-state index in [0.717, 1.165) is 17.2 Å². The zero-order valence-electron chi connectivity index (χ0n) is 31.2. The van der Waals surface area contributed by atoms with Crippen molar-refractivity contribution in [2.75, 3.05) is 44.9 Å². The van der Waals surface area contributed by atoms with Gasteiger partial charge in [-0.3, -0.25) is 14.4 Å². The predicted octanol–water partition coefficient (Wildman–Crippen LogP) is 4.24. The Morgan fingerprint density at radius 3 is 2.49 bits per heavy atom. The number of Topliss-reactive ketones (excluding diaryl/α,β-unsaturated/α-hetero) is 1. The number of benzene rings is 2. The first-order chi connectivity index (χ1) is 26.3. The molecule has 0 radical (unpaired) electrons. The fourth-order valence-electron chi connectivity index (χ4n) is 10.3. The monoisotopic (exact) mass is 764 g/mol. The number of allylic oxidation sites excluding steroid dienone is 4. The van der Waals surface area contributed by atoms with Gasteiger partial charge < -0.3 is 40.2 Å². The van der Waals surface area contributed by atoms with Crippen LogP contribution in [-0.2, 0) is 39.8 Å². The highest BCUT2D eigenvalue weighted by molar-refractivity contribution is 6.01. The topological polar surface area (TPSA) is 167 Å². The molecule has 2 aromatic rings. The van der Waals surface area contributed by atoms with Gasteiger partial charge in [-0.1, -0.05) is 49.4 Å². The molecule has 1 saturated heterocycles. The van der Waals surface area contributed by atoms with Crippen LogP contribution in [0.2, 0.25) is 0 Å². The number of halogens is 2. The molecule has 1 heterocycles. The number of aliphatic hydroxyl groups is 2. The molecule has 5 N–H and O–H groups in total. The van der Waals surface area contributed by atoms with Crippen molar-refractivity contribution in [3.05, 3.63) is 89.0 Å². The van der Waals surface area contributed by atoms with Gasteiger partial charge in [-0.15, -0.1) is 0 Å². The number of carbonyl (C=O) groups is 3. The van der Waals surface area contributed by atoms with Crippen molar-refractivity contribution in [1.29, 1.82) is 0 Å². The molecule has 1 unspecified atom stereocenters. The second-order valence-corrected chi connectivity index (χ2v) is 15.9. The third kappa shape index (κ3) is 6.61. The van der Waals surface area contributed by atoms with Gasteiger partial charge in [0.25, 0.3) is 0 Å². The normalized spacial score (nSPS) is 36.1. The third-order valence-corrected chi connectivity index (χ3v) is 12.9. The molecule has 4 fully saturated rings. The van der Waals surface area contributed by atoms with Gasteiger partial charge >= 0.3 is 0 Å². The molecule has 3 saturated carbocycles. The highest BCUT2D eigenvalue weighted by Gasteiger charge is 2.80. The van der Waals surface area contributed by atoms with Crippen molar-refractivity contribution in [2.45, 2.75) is 81.9 Å². The average molecular weight is 765 g/mol. The molecule has 1 amide bonds. The van der Waals surface area contributed by atoms with E-state index in [-0.39, 0.29) is 43.8 Å². The summed E-state index contributed by atoms with van der Waals surface area (Å²) in [5.41, 5.74) is 1.85. The predicted molar refractivity (Wildman–Crippen MR) is 197 cm³/mol. The molecule has 296 valence electrons. The number of anilines is 1. The first kappa shape index (κ1) is 39.5. The van der Waals surface area contributed by atoms with Crippen molar-refractivity contribution in [3.63, 3.8) is 0 Å². The van der Waals surface area contributed by atoms with Gasteiger partial charge in [-0.2, -0.15) is 0 Å². The Kier molecular flexibility index (Phi) is 11.0. The number of nitrogens with one attached hydrogen (secondary N) is 1. The summed E-state index contributed by atoms with van der Waals surface area (Å²) >= 11 is 0. The first-order valence-corrected chi connectivity index (χ1v) is 19.1. The zero-order valence-corrected chi connectivity index (χ0v) is 31.2. The van der Waals surface area contributed by atoms with Crippen LogP contribution in [-0.4, -0.2) is 96.9 Å². The Hall–Kier alpha value is -3.69. The van der Waals surface area contributed by atoms with Crippen LogP contribution in [0.1, 0.15) is 62.5 Å². The Balaban J connectivity index is 1.03. The number of ketones is 2. The standard InChI is InChI=1S/C42H50F2N2O9/c1-39-12-10-29(48)20-32(39)33(43)21-31-30-22-36-42(35(50)24-47,40(30,2)23-34(49)41(31,39)44)55-38(54-36)27-8-6-25(7-9-27)18-26-4-3-5-28(19-26)46-37(51)11-14-52-16-17-53-15-13-45/h3-10,12,19-20,30-31,33-34,36,38,47,49H,11,13-18,21-24,45H2,1-2H3,(H,46,51)/t30-,31-,33-,34-,36+,38?,39-,40-,41-,42+/m0/s1. The number of hydrogen-bond donors (Lipinski definition) is 4. The molecule has 55 heavy (non-hydrogen) atoms. The fraction of sp³-hybridized carbons (Fsp3) is 0.548. The molecule has 4 aliphatic carbocycles. The van der Waals surface area contributed by atoms with E-state index in [9.17, 15) is 24.6 Å². The summed E-state index contributed by atoms with van der Waals surface area (Å²) in [5, 5.41) is 24.9. The number of aliphatic hydroxyl groups excluding tert-OH is 2. The van der Waals surface area contributed by atoms with E-state index in [1.54, 1.807) is 6.92 Å². The van der Waals surface area contributed by atoms with Crippen LogP contribution < -0.4 is 11.1 Å². The summed E-state index contributed by atoms with van der Waals surface area (Å²) in [4.78, 5) is 38.5. The second-order valence-electron chi connectivity index (χ2n) is 15.9. The maximum absolute atomic E-state index is 17.7. The van der Waals surface area contributed by atoms with Crippen molar-refractivity contribution in [2.24, 2.45) is 28.4 Å². The SMILES string of the molecule is C[C@]12C=CC(=O)C=C1[C@@H](F)C[C@H]1[C@@H]3C[C@H]4OC(c5ccc(Cc6cccc(NC(=O)CCOCCOCCN)c6)cc5)O[C@@]4(C(=O)CO)[C@@]3(C)C[C@H](O)[C@@]12F. The van der Waals surface area contributed by atoms with Crippen LogP contribution >= 0.6 is 0 Å². The van der Waals surface area contributed by atoms with Gasteiger partial charge in [-0.05, 0) is 79.5 Å². The minimum atomic E-state index is -2.32. The van der Waals surface area contributed by atoms with E-state index in [1.165, 1.54) is 19.1 Å². The number of ether oxygens (including phenoxy) is 4. The number of carbonyl (C=O) groups excluding carboxylic acids is 3. The Labute approximate surface area is 319 Å². The molecule has 0 spiro atoms. The second kappa shape index (κ2) is 15.3. The van der Waals surface area contributed by atoms with Gasteiger partial charge in [0, 0.05) is 34.5 Å². The van der Waals surface area contributed by atoms with Crippen LogP contribution in [0.3, 0.4) is 0 Å². The van der Waals surface area contributed by atoms with E-state index in [0.29, 0.717) is 44.0 Å². The Morgan fingerprint density at radius 2 is 1.76 bits per heavy atom. The lowest BCUT2D eigenvalue weighted by Crippen LogP contribution is -2.70. The summed E-state index contributed by atoms with van der Waals surface area (Å²) in [6, 6.07) is 15.1. The molecule has 11 nitrogen and oxygen atoms in total. The molecule has 7 rings (SSSR count). The maximum Gasteiger partial charge on any atom is 0.226 e. The van der Waals surface area contributed by atoms with Gasteiger partial charge in [0.05, 0.1) is 45.1 Å². The number of amides is 1. The van der Waals surface area contributed by atoms with Crippen molar-refractivity contribution >= 4 is 23.2 Å². The van der Waals surface area contributed by atoms with Crippen molar-refractivity contribution < 1.29 is 52.3 Å². The van der Waals surface area contributed by atoms with Crippen LogP contribution in [0.5, 0.6) is 0 Å². The van der Waals surface area contributed by atoms with Crippen molar-refractivity contribution in [3.8, 4) is 0 Å². The lowest BCUT2D eigenvalue weighted by atomic mass is 9.44. The molecule has 5 aliphatic rings. The highest BCUT2D eigenvalue weighted by atomic mass is 19.1. The molecule has 13 heteroatoms. The molecule has 2 aromatic carbocycles. The average Bonchev–Trinajstić information content (AvgIpc) is 3.66. The summed E-state index contributed by atoms with van der Waals surface area (Å²) in [6.07, 6.45) is -0.896. The highest BCUT2D eigenvalue weighted by Crippen LogP contribution is 2.72. The Morgan fingerprint density at radius 1 is 1.02 bits per heavy atom. The molecule has 1 aliphatic heterocycles. The Bertz CT molecular complexity index is 1860. The summed E-state index contributed by atoms with van der Waals surface area (Å²) in [7, 11) is 0. The maximum atomic E-state index is 17.7. The quantitative estimate of drug-likeness (QED) is 0.205. The first-order valence-electron chi connectivity index (χ1n) is 19.1. The lowest BCUT2D eigenvalue weighted by Gasteiger charge is -2.63. The third-order valence-electron chi connectivity index (χ3n) is 12.9. The van der Waals surface area contributed by atoms with Gasteiger partial charge in [0.2, 0.25) is 5.91 Å². The van der Waals surface area contributed by atoms with Crippen molar-refractivity contribution in [1.82, 2.24) is 0 Å². The number of hydrogen-bond acceptors (Lipinski definition) is 10. The minimum absolute atomic E-state index is 0.0228. The molecule has 0 aromatic heterocycles. The van der Waals surface area contributed by atoms with Gasteiger partial charge in [-0.25, -0.2) is 8.78 Å². The van der Waals surface area contributed by atoms with E-state index < -0.39 is 76.8 Å². The minimum Gasteiger partial charge on any atom is -0.390 e. The zero-order chi connectivity index (χ0) is 39.2. The molecular formula is C42H50F2N2O9. The molecule has 0 bridgehead atoms. The summed E-state index contributed by atoms with van der Waals surface area (Å²) < 4.78 is 57.3. The van der Waals surface area contributed by atoms with Gasteiger partial charge in [0.15, 0.2) is 29.1 Å². The van der Waals surface area contributed by atoms with E-state index >= 15 is 8.78 Å². The smallest absolute Gasteiger partial charge is 0.226 e. The lowest BCUT2D eigenvalue weighted by molar-refractivity contribution is -0.235. The molecular weight excluding hydrogens is 714 g/mol. The van der Waals surface area contributed by atoms with Crippen LogP contribution in [0, 0.1) is 22.7 Å². The van der Waals surface area contributed by atoms with Crippen LogP contribution in [0.15, 0.2) is 72.3 Å². The summed E-state index contributed by atoms with van der Waals surface area (Å²) in [5.74, 6) is -2.87. The van der Waals surface area contributed by atoms with Crippen LogP contribution in [0.25, 0.3) is 0 Å². The number of nitrogens with two attached hydrogens (primary N) is 1. The number of alkyl halides is 2. The van der Waals surface area contributed by atoms with Gasteiger partial charge in [0.1, 0.15) is 12.8 Å². The number of fused-ring (bicyclic) bond motifs is 7. The van der Waals surface area contributed by atoms with E-state index in [2.05, 4.69) is 5.32 Å². The number of rotatable bonds is 14.